The molecule has 0 bridgehead atoms. The van der Waals surface area contributed by atoms with Gasteiger partial charge in [-0.2, -0.15) is 5.26 Å². The summed E-state index contributed by atoms with van der Waals surface area (Å²) in [5.74, 6) is -0.674. The lowest BCUT2D eigenvalue weighted by Crippen LogP contribution is -2.43. The highest BCUT2D eigenvalue weighted by molar-refractivity contribution is 6.45. The number of hydrogen-bond donors (Lipinski definition) is 2. The molecule has 66 valence electrons. The molecule has 2 N–H and O–H groups in total. The maximum Gasteiger partial charge on any atom is 0.284 e. The number of nitriles is 1. The van der Waals surface area contributed by atoms with E-state index in [4.69, 9.17) is 10.5 Å². The highest BCUT2D eigenvalue weighted by atomic mass is 16.4. The predicted molar refractivity (Wildman–Crippen MR) is 42.7 cm³/mol. The monoisotopic (exact) mass is 169 g/mol. The lowest BCUT2D eigenvalue weighted by molar-refractivity contribution is -0.116. The first-order chi connectivity index (χ1) is 5.40. The summed E-state index contributed by atoms with van der Waals surface area (Å²) in [6.07, 6.45) is 0. The Morgan fingerprint density at radius 1 is 1.58 bits per heavy atom. The van der Waals surface area contributed by atoms with Crippen molar-refractivity contribution >= 4 is 11.6 Å². The van der Waals surface area contributed by atoms with E-state index in [9.17, 15) is 4.79 Å². The molecule has 12 heavy (non-hydrogen) atoms. The van der Waals surface area contributed by atoms with Gasteiger partial charge < -0.3 is 10.5 Å². The Morgan fingerprint density at radius 3 is 2.33 bits per heavy atom. The number of carbonyl (C=O) groups is 1. The average Bonchev–Trinajstić information content (AvgIpc) is 1.85. The normalized spacial score (nSPS) is 12.0. The van der Waals surface area contributed by atoms with Crippen LogP contribution in [0.3, 0.4) is 0 Å². The van der Waals surface area contributed by atoms with Gasteiger partial charge in [-0.05, 0) is 20.8 Å². The van der Waals surface area contributed by atoms with Gasteiger partial charge in [0, 0.05) is 5.54 Å². The molecule has 5 heteroatoms. The fourth-order valence-corrected chi connectivity index (χ4v) is 0.518. The summed E-state index contributed by atoms with van der Waals surface area (Å²) in [5, 5.41) is 21.5. The molecule has 0 saturated carbocycles. The van der Waals surface area contributed by atoms with Crippen molar-refractivity contribution in [3.8, 4) is 6.07 Å². The quantitative estimate of drug-likeness (QED) is 0.335. The number of nitrogens with zero attached hydrogens (tertiary/aromatic N) is 2. The van der Waals surface area contributed by atoms with Gasteiger partial charge in [0.1, 0.15) is 6.07 Å². The smallest absolute Gasteiger partial charge is 0.284 e. The third kappa shape index (κ3) is 3.56. The van der Waals surface area contributed by atoms with E-state index in [-0.39, 0.29) is 0 Å². The zero-order valence-electron chi connectivity index (χ0n) is 7.25. The summed E-state index contributed by atoms with van der Waals surface area (Å²) in [7, 11) is 0. The van der Waals surface area contributed by atoms with E-state index in [1.165, 1.54) is 6.07 Å². The molecule has 0 aliphatic heterocycles. The van der Waals surface area contributed by atoms with Crippen molar-refractivity contribution < 1.29 is 10.0 Å². The number of oxime groups is 1. The van der Waals surface area contributed by atoms with Gasteiger partial charge in [0.2, 0.25) is 5.71 Å². The Labute approximate surface area is 70.7 Å². The summed E-state index contributed by atoms with van der Waals surface area (Å²) >= 11 is 0. The van der Waals surface area contributed by atoms with E-state index in [1.54, 1.807) is 20.8 Å². The molecule has 0 aromatic carbocycles. The lowest BCUT2D eigenvalue weighted by atomic mass is 10.1. The van der Waals surface area contributed by atoms with Crippen molar-refractivity contribution in [1.82, 2.24) is 5.32 Å². The summed E-state index contributed by atoms with van der Waals surface area (Å²) in [5.41, 5.74) is -0.978. The number of amides is 1. The van der Waals surface area contributed by atoms with Crippen LogP contribution in [0.5, 0.6) is 0 Å². The second-order valence-electron chi connectivity index (χ2n) is 3.26. The highest BCUT2D eigenvalue weighted by Gasteiger charge is 2.18. The Morgan fingerprint density at radius 2 is 2.08 bits per heavy atom. The van der Waals surface area contributed by atoms with Crippen molar-refractivity contribution in [1.29, 1.82) is 5.26 Å². The van der Waals surface area contributed by atoms with Crippen molar-refractivity contribution in [3.05, 3.63) is 0 Å². The van der Waals surface area contributed by atoms with Crippen molar-refractivity contribution in [2.24, 2.45) is 5.16 Å². The molecule has 0 radical (unpaired) electrons. The Hall–Kier alpha value is -1.57. The molecule has 0 unspecified atom stereocenters. The Bertz CT molecular complexity index is 244. The average molecular weight is 169 g/mol. The molecule has 0 aliphatic carbocycles. The zero-order valence-corrected chi connectivity index (χ0v) is 7.25. The van der Waals surface area contributed by atoms with Crippen molar-refractivity contribution in [3.63, 3.8) is 0 Å². The van der Waals surface area contributed by atoms with Gasteiger partial charge >= 0.3 is 0 Å². The third-order valence-corrected chi connectivity index (χ3v) is 0.910. The van der Waals surface area contributed by atoms with Gasteiger partial charge in [-0.25, -0.2) is 0 Å². The fourth-order valence-electron chi connectivity index (χ4n) is 0.518. The van der Waals surface area contributed by atoms with E-state index >= 15 is 0 Å². The first kappa shape index (κ1) is 10.4. The predicted octanol–water partition coefficient (Wildman–Crippen LogP) is 0.255. The van der Waals surface area contributed by atoms with Gasteiger partial charge in [0.15, 0.2) is 0 Å². The molecule has 0 aromatic rings. The van der Waals surface area contributed by atoms with Crippen LogP contribution in [-0.4, -0.2) is 22.4 Å². The maximum atomic E-state index is 11.0. The molecule has 0 atom stereocenters. The van der Waals surface area contributed by atoms with Gasteiger partial charge in [-0.3, -0.25) is 4.79 Å². The Kier molecular flexibility index (Phi) is 3.23. The molecule has 1 amide bonds. The van der Waals surface area contributed by atoms with Crippen molar-refractivity contribution in [2.45, 2.75) is 26.3 Å². The van der Waals surface area contributed by atoms with Crippen LogP contribution in [0.25, 0.3) is 0 Å². The molecule has 0 saturated heterocycles. The van der Waals surface area contributed by atoms with E-state index in [0.717, 1.165) is 0 Å². The SMILES string of the molecule is CC(C)(C)NC(=O)/C(C#N)=N/O. The molecule has 0 spiro atoms. The number of nitrogens with one attached hydrogen (secondary N) is 1. The molecular weight excluding hydrogens is 158 g/mol. The maximum absolute atomic E-state index is 11.0. The Balaban J connectivity index is 4.36. The van der Waals surface area contributed by atoms with Crippen LogP contribution in [0, 0.1) is 11.3 Å². The van der Waals surface area contributed by atoms with Crippen LogP contribution in [0.1, 0.15) is 20.8 Å². The summed E-state index contributed by atoms with van der Waals surface area (Å²) in [4.78, 5) is 11.0. The highest BCUT2D eigenvalue weighted by Crippen LogP contribution is 1.97. The fraction of sp³-hybridized carbons (Fsp3) is 0.571. The molecule has 0 rings (SSSR count). The van der Waals surface area contributed by atoms with E-state index in [1.807, 2.05) is 0 Å². The van der Waals surface area contributed by atoms with E-state index in [2.05, 4.69) is 10.5 Å². The number of carbonyl (C=O) groups excluding carboxylic acids is 1. The molecule has 0 aliphatic rings. The van der Waals surface area contributed by atoms with Gasteiger partial charge in [-0.1, -0.05) is 5.16 Å². The molecule has 0 heterocycles. The van der Waals surface area contributed by atoms with Crippen molar-refractivity contribution in [2.75, 3.05) is 0 Å². The van der Waals surface area contributed by atoms with Crippen LogP contribution in [-0.2, 0) is 4.79 Å². The third-order valence-electron chi connectivity index (χ3n) is 0.910. The first-order valence-corrected chi connectivity index (χ1v) is 3.35. The van der Waals surface area contributed by atoms with Gasteiger partial charge in [0.25, 0.3) is 5.91 Å². The minimum Gasteiger partial charge on any atom is -0.410 e. The topological polar surface area (TPSA) is 85.5 Å². The number of hydrogen-bond acceptors (Lipinski definition) is 4. The van der Waals surface area contributed by atoms with E-state index in [0.29, 0.717) is 0 Å². The van der Waals surface area contributed by atoms with Crippen LogP contribution in [0.4, 0.5) is 0 Å². The van der Waals surface area contributed by atoms with Crippen LogP contribution < -0.4 is 5.32 Å². The lowest BCUT2D eigenvalue weighted by Gasteiger charge is -2.19. The first-order valence-electron chi connectivity index (χ1n) is 3.35. The molecule has 0 aromatic heterocycles. The second kappa shape index (κ2) is 3.72. The van der Waals surface area contributed by atoms with E-state index < -0.39 is 17.2 Å². The number of rotatable bonds is 1. The van der Waals surface area contributed by atoms with Crippen LogP contribution in [0.2, 0.25) is 0 Å². The molecular formula is C7H11N3O2. The summed E-state index contributed by atoms with van der Waals surface area (Å²) in [6.45, 7) is 5.28. The van der Waals surface area contributed by atoms with Gasteiger partial charge in [-0.15, -0.1) is 0 Å². The largest absolute Gasteiger partial charge is 0.410 e. The van der Waals surface area contributed by atoms with Crippen LogP contribution >= 0.6 is 0 Å². The van der Waals surface area contributed by atoms with Crippen LogP contribution in [0.15, 0.2) is 5.16 Å². The zero-order chi connectivity index (χ0) is 9.78. The van der Waals surface area contributed by atoms with Gasteiger partial charge in [0.05, 0.1) is 0 Å². The molecule has 0 fully saturated rings. The standard InChI is InChI=1S/C7H11N3O2/c1-7(2,3)9-6(11)5(4-8)10-12/h12H,1-3H3,(H,9,11)/b10-5+. The minimum absolute atomic E-state index is 0.441. The molecule has 5 nitrogen and oxygen atoms in total. The second-order valence-corrected chi connectivity index (χ2v) is 3.26. The minimum atomic E-state index is -0.674. The summed E-state index contributed by atoms with van der Waals surface area (Å²) in [6, 6.07) is 1.46. The summed E-state index contributed by atoms with van der Waals surface area (Å²) < 4.78 is 0.